The number of anilines is 1. The van der Waals surface area contributed by atoms with Crippen LogP contribution in [0.15, 0.2) is 24.3 Å². The maximum absolute atomic E-state index is 12.2. The summed E-state index contributed by atoms with van der Waals surface area (Å²) in [5.74, 6) is 0.0908. The summed E-state index contributed by atoms with van der Waals surface area (Å²) in [5.41, 5.74) is 7.02. The summed E-state index contributed by atoms with van der Waals surface area (Å²) in [6.45, 7) is 6.74. The summed E-state index contributed by atoms with van der Waals surface area (Å²) in [6, 6.07) is 7.19. The fraction of sp³-hybridized carbons (Fsp3) is 0.462. The van der Waals surface area contributed by atoms with Crippen molar-refractivity contribution in [2.45, 2.75) is 6.92 Å². The topological polar surface area (TPSA) is 49.6 Å². The van der Waals surface area contributed by atoms with Gasteiger partial charge < -0.3 is 15.5 Å². The highest BCUT2D eigenvalue weighted by Gasteiger charge is 2.21. The Labute approximate surface area is 126 Å². The van der Waals surface area contributed by atoms with Crippen LogP contribution < -0.4 is 5.73 Å². The molecule has 2 rings (SSSR count). The van der Waals surface area contributed by atoms with Gasteiger partial charge in [-0.1, -0.05) is 13.0 Å². The molecule has 0 radical (unpaired) electrons. The van der Waals surface area contributed by atoms with E-state index < -0.39 is 0 Å². The van der Waals surface area contributed by atoms with Crippen LogP contribution in [0.3, 0.4) is 0 Å². The summed E-state index contributed by atoms with van der Waals surface area (Å²) in [7, 11) is 0. The van der Waals surface area contributed by atoms with Crippen LogP contribution >= 0.6 is 24.8 Å². The Morgan fingerprint density at radius 3 is 2.37 bits per heavy atom. The molecule has 1 aromatic rings. The average molecular weight is 306 g/mol. The first-order valence-corrected chi connectivity index (χ1v) is 6.08. The van der Waals surface area contributed by atoms with Gasteiger partial charge in [-0.3, -0.25) is 4.79 Å². The van der Waals surface area contributed by atoms with Crippen LogP contribution in [0.4, 0.5) is 5.69 Å². The van der Waals surface area contributed by atoms with Crippen molar-refractivity contribution in [2.24, 2.45) is 0 Å². The Hall–Kier alpha value is -0.970. The zero-order valence-corrected chi connectivity index (χ0v) is 12.7. The van der Waals surface area contributed by atoms with E-state index in [0.717, 1.165) is 32.7 Å². The van der Waals surface area contributed by atoms with Gasteiger partial charge in [0.05, 0.1) is 0 Å². The molecule has 0 unspecified atom stereocenters. The minimum atomic E-state index is 0. The molecule has 0 atom stereocenters. The molecule has 1 saturated heterocycles. The molecule has 1 aliphatic rings. The lowest BCUT2D eigenvalue weighted by atomic mass is 10.1. The molecule has 1 aliphatic heterocycles. The number of nitrogens with two attached hydrogens (primary N) is 1. The van der Waals surface area contributed by atoms with Crippen molar-refractivity contribution in [3.63, 3.8) is 0 Å². The Bertz CT molecular complexity index is 407. The minimum Gasteiger partial charge on any atom is -0.399 e. The van der Waals surface area contributed by atoms with E-state index in [1.807, 2.05) is 17.0 Å². The number of nitrogens with zero attached hydrogens (tertiary/aromatic N) is 2. The van der Waals surface area contributed by atoms with E-state index in [1.165, 1.54) is 0 Å². The van der Waals surface area contributed by atoms with Gasteiger partial charge in [-0.05, 0) is 24.7 Å². The molecule has 0 saturated carbocycles. The lowest BCUT2D eigenvalue weighted by Gasteiger charge is -2.34. The molecule has 19 heavy (non-hydrogen) atoms. The highest BCUT2D eigenvalue weighted by molar-refractivity contribution is 5.95. The third-order valence-electron chi connectivity index (χ3n) is 3.24. The summed E-state index contributed by atoms with van der Waals surface area (Å²) >= 11 is 0. The third-order valence-corrected chi connectivity index (χ3v) is 3.24. The van der Waals surface area contributed by atoms with Crippen LogP contribution in [0.2, 0.25) is 0 Å². The van der Waals surface area contributed by atoms with Crippen molar-refractivity contribution in [3.8, 4) is 0 Å². The number of hydrogen-bond acceptors (Lipinski definition) is 3. The molecule has 6 heteroatoms. The predicted octanol–water partition coefficient (Wildman–Crippen LogP) is 1.89. The number of carbonyl (C=O) groups is 1. The lowest BCUT2D eigenvalue weighted by molar-refractivity contribution is 0.0643. The van der Waals surface area contributed by atoms with Gasteiger partial charge in [0.15, 0.2) is 0 Å². The van der Waals surface area contributed by atoms with Gasteiger partial charge in [0, 0.05) is 37.4 Å². The highest BCUT2D eigenvalue weighted by atomic mass is 35.5. The van der Waals surface area contributed by atoms with Crippen LogP contribution in [0.25, 0.3) is 0 Å². The van der Waals surface area contributed by atoms with Crippen LogP contribution in [0.5, 0.6) is 0 Å². The quantitative estimate of drug-likeness (QED) is 0.849. The van der Waals surface area contributed by atoms with Crippen molar-refractivity contribution >= 4 is 36.4 Å². The van der Waals surface area contributed by atoms with Gasteiger partial charge in [0.2, 0.25) is 0 Å². The van der Waals surface area contributed by atoms with E-state index in [9.17, 15) is 4.79 Å². The number of benzene rings is 1. The SMILES string of the molecule is CCN1CCN(C(=O)c2cccc(N)c2)CC1.Cl.Cl. The molecule has 1 amide bonds. The molecular weight excluding hydrogens is 285 g/mol. The molecule has 1 fully saturated rings. The number of likely N-dealkylation sites (N-methyl/N-ethyl adjacent to an activating group) is 1. The fourth-order valence-electron chi connectivity index (χ4n) is 2.12. The lowest BCUT2D eigenvalue weighted by Crippen LogP contribution is -2.48. The van der Waals surface area contributed by atoms with Crippen molar-refractivity contribution in [3.05, 3.63) is 29.8 Å². The largest absolute Gasteiger partial charge is 0.399 e. The van der Waals surface area contributed by atoms with Crippen LogP contribution in [-0.4, -0.2) is 48.4 Å². The van der Waals surface area contributed by atoms with Crippen molar-refractivity contribution in [1.29, 1.82) is 0 Å². The number of amides is 1. The summed E-state index contributed by atoms with van der Waals surface area (Å²) in [4.78, 5) is 16.5. The van der Waals surface area contributed by atoms with Crippen LogP contribution in [0, 0.1) is 0 Å². The highest BCUT2D eigenvalue weighted by Crippen LogP contribution is 2.11. The van der Waals surface area contributed by atoms with Crippen molar-refractivity contribution in [2.75, 3.05) is 38.5 Å². The summed E-state index contributed by atoms with van der Waals surface area (Å²) < 4.78 is 0. The van der Waals surface area contributed by atoms with Gasteiger partial charge in [0.25, 0.3) is 5.91 Å². The van der Waals surface area contributed by atoms with Gasteiger partial charge in [0.1, 0.15) is 0 Å². The Morgan fingerprint density at radius 1 is 1.21 bits per heavy atom. The Kier molecular flexibility index (Phi) is 7.83. The standard InChI is InChI=1S/C13H19N3O.2ClH/c1-2-15-6-8-16(9-7-15)13(17)11-4-3-5-12(14)10-11;;/h3-5,10H,2,6-9,14H2,1H3;2*1H. The first-order valence-electron chi connectivity index (χ1n) is 6.08. The maximum Gasteiger partial charge on any atom is 0.254 e. The monoisotopic (exact) mass is 305 g/mol. The molecule has 108 valence electrons. The molecular formula is C13H21Cl2N3O. The van der Waals surface area contributed by atoms with E-state index >= 15 is 0 Å². The number of nitrogen functional groups attached to an aromatic ring is 1. The second-order valence-corrected chi connectivity index (χ2v) is 4.35. The number of hydrogen-bond donors (Lipinski definition) is 1. The molecule has 0 spiro atoms. The molecule has 1 aromatic carbocycles. The third kappa shape index (κ3) is 4.56. The first-order chi connectivity index (χ1) is 8.20. The molecule has 0 bridgehead atoms. The van der Waals surface area contributed by atoms with Gasteiger partial charge in [-0.15, -0.1) is 24.8 Å². The maximum atomic E-state index is 12.2. The second-order valence-electron chi connectivity index (χ2n) is 4.35. The van der Waals surface area contributed by atoms with Crippen LogP contribution in [0.1, 0.15) is 17.3 Å². The van der Waals surface area contributed by atoms with E-state index in [1.54, 1.807) is 12.1 Å². The predicted molar refractivity (Wildman–Crippen MR) is 83.4 cm³/mol. The first kappa shape index (κ1) is 18.0. The normalized spacial score (nSPS) is 15.3. The van der Waals surface area contributed by atoms with E-state index in [-0.39, 0.29) is 30.7 Å². The van der Waals surface area contributed by atoms with E-state index in [4.69, 9.17) is 5.73 Å². The fourth-order valence-corrected chi connectivity index (χ4v) is 2.12. The number of halogens is 2. The number of piperazine rings is 1. The van der Waals surface area contributed by atoms with Crippen molar-refractivity contribution in [1.82, 2.24) is 9.80 Å². The smallest absolute Gasteiger partial charge is 0.254 e. The molecule has 1 heterocycles. The Morgan fingerprint density at radius 2 is 1.84 bits per heavy atom. The zero-order valence-electron chi connectivity index (χ0n) is 11.0. The second kappa shape index (κ2) is 8.25. The summed E-state index contributed by atoms with van der Waals surface area (Å²) in [5, 5.41) is 0. The number of carbonyl (C=O) groups excluding carboxylic acids is 1. The molecule has 0 aromatic heterocycles. The molecule has 0 aliphatic carbocycles. The van der Waals surface area contributed by atoms with Crippen LogP contribution in [-0.2, 0) is 0 Å². The van der Waals surface area contributed by atoms with Gasteiger partial charge in [-0.25, -0.2) is 0 Å². The summed E-state index contributed by atoms with van der Waals surface area (Å²) in [6.07, 6.45) is 0. The minimum absolute atomic E-state index is 0. The molecule has 4 nitrogen and oxygen atoms in total. The van der Waals surface area contributed by atoms with E-state index in [2.05, 4.69) is 11.8 Å². The average Bonchev–Trinajstić information content (AvgIpc) is 2.38. The zero-order chi connectivity index (χ0) is 12.3. The Balaban J connectivity index is 0.00000162. The van der Waals surface area contributed by atoms with Crippen molar-refractivity contribution < 1.29 is 4.79 Å². The van der Waals surface area contributed by atoms with Gasteiger partial charge in [-0.2, -0.15) is 0 Å². The molecule has 2 N–H and O–H groups in total. The number of rotatable bonds is 2. The van der Waals surface area contributed by atoms with E-state index in [0.29, 0.717) is 11.3 Å². The van der Waals surface area contributed by atoms with Gasteiger partial charge >= 0.3 is 0 Å².